The zero-order valence-electron chi connectivity index (χ0n) is 12.2. The maximum absolute atomic E-state index is 12.5. The molecule has 1 aliphatic heterocycles. The molecule has 0 spiro atoms. The Morgan fingerprint density at radius 3 is 2.35 bits per heavy atom. The summed E-state index contributed by atoms with van der Waals surface area (Å²) in [6, 6.07) is 7.61. The van der Waals surface area contributed by atoms with E-state index in [0.29, 0.717) is 19.0 Å². The zero-order chi connectivity index (χ0) is 14.8. The van der Waals surface area contributed by atoms with Crippen molar-refractivity contribution in [2.75, 3.05) is 6.54 Å². The Bertz CT molecular complexity index is 539. The third-order valence-electron chi connectivity index (χ3n) is 4.04. The predicted octanol–water partition coefficient (Wildman–Crippen LogP) is 2.10. The molecule has 1 heterocycles. The molecular formula is C15H24N2O2S. The minimum Gasteiger partial charge on any atom is -0.326 e. The Labute approximate surface area is 122 Å². The number of hydrogen-bond donors (Lipinski definition) is 1. The molecule has 2 atom stereocenters. The number of piperidine rings is 1. The lowest BCUT2D eigenvalue weighted by Gasteiger charge is -2.35. The van der Waals surface area contributed by atoms with Crippen LogP contribution in [0.4, 0.5) is 0 Å². The van der Waals surface area contributed by atoms with Crippen LogP contribution in [0.1, 0.15) is 37.8 Å². The van der Waals surface area contributed by atoms with Gasteiger partial charge in [-0.25, -0.2) is 8.42 Å². The fraction of sp³-hybridized carbons (Fsp3) is 0.600. The van der Waals surface area contributed by atoms with Crippen LogP contribution in [0.5, 0.6) is 0 Å². The van der Waals surface area contributed by atoms with Crippen LogP contribution in [0.15, 0.2) is 24.3 Å². The van der Waals surface area contributed by atoms with Gasteiger partial charge in [-0.3, -0.25) is 0 Å². The van der Waals surface area contributed by atoms with Gasteiger partial charge in [0.2, 0.25) is 10.0 Å². The van der Waals surface area contributed by atoms with E-state index >= 15 is 0 Å². The van der Waals surface area contributed by atoms with Gasteiger partial charge >= 0.3 is 0 Å². The van der Waals surface area contributed by atoms with E-state index in [1.54, 1.807) is 4.31 Å². The Hall–Kier alpha value is -0.910. The van der Waals surface area contributed by atoms with Crippen molar-refractivity contribution < 1.29 is 8.42 Å². The summed E-state index contributed by atoms with van der Waals surface area (Å²) >= 11 is 0. The molecule has 2 N–H and O–H groups in total. The molecule has 5 heteroatoms. The summed E-state index contributed by atoms with van der Waals surface area (Å²) in [5.41, 5.74) is 7.40. The second-order valence-corrected chi connectivity index (χ2v) is 7.79. The quantitative estimate of drug-likeness (QED) is 0.925. The van der Waals surface area contributed by atoms with Crippen LogP contribution in [0, 0.1) is 5.92 Å². The molecule has 1 saturated heterocycles. The summed E-state index contributed by atoms with van der Waals surface area (Å²) in [4.78, 5) is 0. The van der Waals surface area contributed by atoms with Gasteiger partial charge in [-0.05, 0) is 36.8 Å². The molecule has 0 bridgehead atoms. The Kier molecular flexibility index (Phi) is 4.83. The maximum Gasteiger partial charge on any atom is 0.218 e. The first kappa shape index (κ1) is 15.5. The minimum absolute atomic E-state index is 0.0799. The third-order valence-corrected chi connectivity index (χ3v) is 6.00. The Morgan fingerprint density at radius 1 is 1.20 bits per heavy atom. The molecule has 0 radical (unpaired) electrons. The van der Waals surface area contributed by atoms with Gasteiger partial charge in [-0.1, -0.05) is 31.2 Å². The maximum atomic E-state index is 12.5. The molecule has 0 aliphatic carbocycles. The molecule has 0 amide bonds. The van der Waals surface area contributed by atoms with Gasteiger partial charge < -0.3 is 5.73 Å². The molecule has 2 unspecified atom stereocenters. The highest BCUT2D eigenvalue weighted by Crippen LogP contribution is 2.26. The lowest BCUT2D eigenvalue weighted by Crippen LogP contribution is -2.44. The van der Waals surface area contributed by atoms with Gasteiger partial charge in [0.05, 0.1) is 5.75 Å². The Morgan fingerprint density at radius 2 is 1.80 bits per heavy atom. The van der Waals surface area contributed by atoms with Crippen molar-refractivity contribution in [1.82, 2.24) is 4.31 Å². The second kappa shape index (κ2) is 6.24. The van der Waals surface area contributed by atoms with Crippen molar-refractivity contribution in [3.63, 3.8) is 0 Å². The highest BCUT2D eigenvalue weighted by Gasteiger charge is 2.31. The summed E-state index contributed by atoms with van der Waals surface area (Å²) in [6.45, 7) is 5.32. The van der Waals surface area contributed by atoms with Crippen LogP contribution < -0.4 is 5.73 Å². The summed E-state index contributed by atoms with van der Waals surface area (Å²) in [5.74, 6) is 0.691. The minimum atomic E-state index is -3.23. The van der Waals surface area contributed by atoms with Crippen LogP contribution in [0.25, 0.3) is 0 Å². The zero-order valence-corrected chi connectivity index (χ0v) is 13.1. The van der Waals surface area contributed by atoms with Gasteiger partial charge in [0.15, 0.2) is 0 Å². The molecule has 1 aromatic carbocycles. The molecule has 0 aromatic heterocycles. The first-order valence-corrected chi connectivity index (χ1v) is 8.80. The van der Waals surface area contributed by atoms with Crippen LogP contribution >= 0.6 is 0 Å². The van der Waals surface area contributed by atoms with Crippen molar-refractivity contribution in [1.29, 1.82) is 0 Å². The molecule has 1 aromatic rings. The van der Waals surface area contributed by atoms with Crippen molar-refractivity contribution in [3.05, 3.63) is 35.4 Å². The number of sulfonamides is 1. The number of hydrogen-bond acceptors (Lipinski definition) is 3. The van der Waals surface area contributed by atoms with Gasteiger partial charge in [0.1, 0.15) is 0 Å². The molecule has 2 rings (SSSR count). The van der Waals surface area contributed by atoms with Crippen LogP contribution in [0.2, 0.25) is 0 Å². The number of nitrogens with two attached hydrogens (primary N) is 1. The molecule has 1 aliphatic rings. The number of benzene rings is 1. The molecule has 20 heavy (non-hydrogen) atoms. The number of nitrogens with zero attached hydrogens (tertiary/aromatic N) is 1. The standard InChI is InChI=1S/C15H24N2O2S/c1-12-7-8-17(13(2)9-12)20(18,19)11-15-5-3-14(10-16)4-6-15/h3-6,12-13H,7-11,16H2,1-2H3. The molecule has 1 fully saturated rings. The third kappa shape index (κ3) is 3.59. The van der Waals surface area contributed by atoms with Gasteiger partial charge in [0.25, 0.3) is 0 Å². The summed E-state index contributed by atoms with van der Waals surface area (Å²) < 4.78 is 26.7. The van der Waals surface area contributed by atoms with Gasteiger partial charge in [-0.15, -0.1) is 0 Å². The van der Waals surface area contributed by atoms with E-state index in [1.165, 1.54) is 0 Å². The van der Waals surface area contributed by atoms with Crippen LogP contribution in [0.3, 0.4) is 0 Å². The van der Waals surface area contributed by atoms with Crippen molar-refractivity contribution >= 4 is 10.0 Å². The molecular weight excluding hydrogens is 272 g/mol. The van der Waals surface area contributed by atoms with E-state index < -0.39 is 10.0 Å². The Balaban J connectivity index is 2.10. The molecule has 0 saturated carbocycles. The van der Waals surface area contributed by atoms with Crippen molar-refractivity contribution in [2.24, 2.45) is 11.7 Å². The fourth-order valence-electron chi connectivity index (χ4n) is 2.86. The fourth-order valence-corrected chi connectivity index (χ4v) is 4.66. The lowest BCUT2D eigenvalue weighted by atomic mass is 9.95. The van der Waals surface area contributed by atoms with Crippen LogP contribution in [-0.2, 0) is 22.3 Å². The molecule has 4 nitrogen and oxygen atoms in total. The number of rotatable bonds is 4. The van der Waals surface area contributed by atoms with Crippen molar-refractivity contribution in [2.45, 2.75) is 45.0 Å². The average molecular weight is 296 g/mol. The normalized spacial score (nSPS) is 24.8. The summed E-state index contributed by atoms with van der Waals surface area (Å²) in [5, 5.41) is 0. The van der Waals surface area contributed by atoms with E-state index in [-0.39, 0.29) is 11.8 Å². The van der Waals surface area contributed by atoms with Gasteiger partial charge in [-0.2, -0.15) is 4.31 Å². The average Bonchev–Trinajstić information content (AvgIpc) is 2.38. The topological polar surface area (TPSA) is 63.4 Å². The van der Waals surface area contributed by atoms with Crippen LogP contribution in [-0.4, -0.2) is 25.3 Å². The highest BCUT2D eigenvalue weighted by atomic mass is 32.2. The highest BCUT2D eigenvalue weighted by molar-refractivity contribution is 7.88. The first-order valence-electron chi connectivity index (χ1n) is 7.20. The van der Waals surface area contributed by atoms with E-state index in [0.717, 1.165) is 24.0 Å². The summed E-state index contributed by atoms with van der Waals surface area (Å²) in [6.07, 6.45) is 1.90. The SMILES string of the molecule is CC1CCN(S(=O)(=O)Cc2ccc(CN)cc2)C(C)C1. The van der Waals surface area contributed by atoms with E-state index in [2.05, 4.69) is 6.92 Å². The lowest BCUT2D eigenvalue weighted by molar-refractivity contribution is 0.220. The first-order chi connectivity index (χ1) is 9.42. The van der Waals surface area contributed by atoms with Gasteiger partial charge in [0, 0.05) is 19.1 Å². The summed E-state index contributed by atoms with van der Waals surface area (Å²) in [7, 11) is -3.23. The monoisotopic (exact) mass is 296 g/mol. The van der Waals surface area contributed by atoms with Crippen molar-refractivity contribution in [3.8, 4) is 0 Å². The molecule has 112 valence electrons. The van der Waals surface area contributed by atoms with E-state index in [1.807, 2.05) is 31.2 Å². The largest absolute Gasteiger partial charge is 0.326 e. The second-order valence-electron chi connectivity index (χ2n) is 5.87. The predicted molar refractivity (Wildman–Crippen MR) is 81.5 cm³/mol. The van der Waals surface area contributed by atoms with E-state index in [9.17, 15) is 8.42 Å². The van der Waals surface area contributed by atoms with E-state index in [4.69, 9.17) is 5.73 Å². The smallest absolute Gasteiger partial charge is 0.218 e.